The van der Waals surface area contributed by atoms with E-state index in [4.69, 9.17) is 22.1 Å². The summed E-state index contributed by atoms with van der Waals surface area (Å²) >= 11 is 9.59. The lowest BCUT2D eigenvalue weighted by molar-refractivity contribution is 0.300. The molecule has 1 aromatic heterocycles. The molecule has 112 valence electrons. The summed E-state index contributed by atoms with van der Waals surface area (Å²) < 4.78 is 6.83. The molecule has 0 aliphatic carbocycles. The lowest BCUT2D eigenvalue weighted by Crippen LogP contribution is -2.19. The number of rotatable bonds is 5. The van der Waals surface area contributed by atoms with E-state index >= 15 is 0 Å². The first-order valence-corrected chi connectivity index (χ1v) is 7.91. The summed E-state index contributed by atoms with van der Waals surface area (Å²) in [6.45, 7) is 4.32. The van der Waals surface area contributed by atoms with Crippen molar-refractivity contribution in [2.45, 2.75) is 32.9 Å². The minimum absolute atomic E-state index is 0.0397. The Balaban J connectivity index is 2.15. The molecule has 21 heavy (non-hydrogen) atoms. The maximum absolute atomic E-state index is 6.20. The van der Waals surface area contributed by atoms with Crippen LogP contribution in [0.4, 0.5) is 0 Å². The van der Waals surface area contributed by atoms with Crippen LogP contribution in [0.25, 0.3) is 0 Å². The third-order valence-corrected chi connectivity index (χ3v) is 3.83. The van der Waals surface area contributed by atoms with Gasteiger partial charge in [-0.3, -0.25) is 4.98 Å². The Morgan fingerprint density at radius 1 is 1.33 bits per heavy atom. The molecular formula is C16H18BrClN2O. The molecule has 3 nitrogen and oxygen atoms in total. The first-order chi connectivity index (χ1) is 9.95. The first kappa shape index (κ1) is 16.3. The smallest absolute Gasteiger partial charge is 0.141 e. The van der Waals surface area contributed by atoms with E-state index in [0.29, 0.717) is 18.1 Å². The van der Waals surface area contributed by atoms with E-state index in [0.717, 1.165) is 27.2 Å². The fraction of sp³-hybridized carbons (Fsp3) is 0.312. The monoisotopic (exact) mass is 368 g/mol. The molecule has 0 saturated carbocycles. The van der Waals surface area contributed by atoms with Crippen LogP contribution >= 0.6 is 27.5 Å². The number of halogens is 2. The van der Waals surface area contributed by atoms with Crippen LogP contribution < -0.4 is 10.5 Å². The summed E-state index contributed by atoms with van der Waals surface area (Å²) in [6.07, 6.45) is 0.686. The van der Waals surface area contributed by atoms with Crippen LogP contribution in [0.5, 0.6) is 5.75 Å². The number of nitrogens with two attached hydrogens (primary N) is 1. The highest BCUT2D eigenvalue weighted by atomic mass is 79.9. The Morgan fingerprint density at radius 2 is 2.10 bits per heavy atom. The number of benzene rings is 1. The van der Waals surface area contributed by atoms with Gasteiger partial charge in [-0.25, -0.2) is 0 Å². The molecule has 0 fully saturated rings. The van der Waals surface area contributed by atoms with E-state index in [9.17, 15) is 0 Å². The van der Waals surface area contributed by atoms with Crippen molar-refractivity contribution in [2.75, 3.05) is 0 Å². The lowest BCUT2D eigenvalue weighted by atomic mass is 10.1. The number of ether oxygens (including phenoxy) is 1. The average molecular weight is 370 g/mol. The molecule has 1 heterocycles. The number of nitrogens with zero attached hydrogens (tertiary/aromatic N) is 1. The minimum Gasteiger partial charge on any atom is -0.487 e. The summed E-state index contributed by atoms with van der Waals surface area (Å²) in [5.74, 6) is 0.761. The summed E-state index contributed by atoms with van der Waals surface area (Å²) in [7, 11) is 0. The van der Waals surface area contributed by atoms with Crippen molar-refractivity contribution in [3.05, 3.63) is 56.8 Å². The van der Waals surface area contributed by atoms with E-state index in [1.165, 1.54) is 0 Å². The van der Waals surface area contributed by atoms with Gasteiger partial charge in [0.05, 0.1) is 5.69 Å². The van der Waals surface area contributed by atoms with Crippen LogP contribution in [-0.2, 0) is 13.0 Å². The lowest BCUT2D eigenvalue weighted by Gasteiger charge is -2.13. The van der Waals surface area contributed by atoms with Crippen LogP contribution in [0.15, 0.2) is 34.8 Å². The van der Waals surface area contributed by atoms with Gasteiger partial charge < -0.3 is 10.5 Å². The standard InChI is InChI=1S/C16H18BrClN2O/c1-10(19)7-15-16(6-3-11(2)20-15)21-9-12-4-5-13(17)8-14(12)18/h3-6,8,10H,7,9,19H2,1-2H3. The van der Waals surface area contributed by atoms with Crippen molar-refractivity contribution < 1.29 is 4.74 Å². The molecule has 0 radical (unpaired) electrons. The average Bonchev–Trinajstić information content (AvgIpc) is 2.39. The van der Waals surface area contributed by atoms with E-state index in [1.54, 1.807) is 0 Å². The van der Waals surface area contributed by atoms with Gasteiger partial charge in [-0.2, -0.15) is 0 Å². The van der Waals surface area contributed by atoms with Crippen LogP contribution in [-0.4, -0.2) is 11.0 Å². The molecule has 2 rings (SSSR count). The van der Waals surface area contributed by atoms with Crippen LogP contribution in [0, 0.1) is 6.92 Å². The van der Waals surface area contributed by atoms with Crippen molar-refractivity contribution in [3.63, 3.8) is 0 Å². The summed E-state index contributed by atoms with van der Waals surface area (Å²) in [6, 6.07) is 9.66. The molecule has 0 aliphatic rings. The van der Waals surface area contributed by atoms with Gasteiger partial charge in [0.15, 0.2) is 0 Å². The predicted octanol–water partition coefficient (Wildman–Crippen LogP) is 4.27. The highest BCUT2D eigenvalue weighted by Gasteiger charge is 2.10. The third-order valence-electron chi connectivity index (χ3n) is 2.99. The summed E-state index contributed by atoms with van der Waals surface area (Å²) in [5.41, 5.74) is 8.65. The Labute approximate surface area is 138 Å². The molecule has 5 heteroatoms. The second-order valence-electron chi connectivity index (χ2n) is 5.10. The fourth-order valence-electron chi connectivity index (χ4n) is 1.97. The van der Waals surface area contributed by atoms with Gasteiger partial charge in [0, 0.05) is 33.2 Å². The summed E-state index contributed by atoms with van der Waals surface area (Å²) in [4.78, 5) is 4.52. The van der Waals surface area contributed by atoms with Crippen molar-refractivity contribution in [2.24, 2.45) is 5.73 Å². The van der Waals surface area contributed by atoms with Gasteiger partial charge in [-0.1, -0.05) is 33.6 Å². The molecule has 2 aromatic rings. The number of aryl methyl sites for hydroxylation is 1. The van der Waals surface area contributed by atoms with E-state index in [2.05, 4.69) is 20.9 Å². The van der Waals surface area contributed by atoms with Crippen LogP contribution in [0.2, 0.25) is 5.02 Å². The van der Waals surface area contributed by atoms with E-state index in [1.807, 2.05) is 44.2 Å². The molecule has 1 unspecified atom stereocenters. The largest absolute Gasteiger partial charge is 0.487 e. The molecule has 0 saturated heterocycles. The molecule has 0 spiro atoms. The second kappa shape index (κ2) is 7.25. The number of hydrogen-bond acceptors (Lipinski definition) is 3. The molecule has 0 bridgehead atoms. The topological polar surface area (TPSA) is 48.1 Å². The number of hydrogen-bond donors (Lipinski definition) is 1. The first-order valence-electron chi connectivity index (χ1n) is 6.74. The Kier molecular flexibility index (Phi) is 5.62. The quantitative estimate of drug-likeness (QED) is 0.856. The van der Waals surface area contributed by atoms with Crippen LogP contribution in [0.1, 0.15) is 23.9 Å². The van der Waals surface area contributed by atoms with Gasteiger partial charge in [-0.05, 0) is 38.1 Å². The van der Waals surface area contributed by atoms with Crippen molar-refractivity contribution >= 4 is 27.5 Å². The maximum atomic E-state index is 6.20. The third kappa shape index (κ3) is 4.70. The predicted molar refractivity (Wildman–Crippen MR) is 89.8 cm³/mol. The molecule has 0 amide bonds. The Bertz CT molecular complexity index is 632. The normalized spacial score (nSPS) is 12.2. The van der Waals surface area contributed by atoms with Gasteiger partial charge in [0.2, 0.25) is 0 Å². The van der Waals surface area contributed by atoms with Gasteiger partial charge >= 0.3 is 0 Å². The zero-order valence-electron chi connectivity index (χ0n) is 12.1. The second-order valence-corrected chi connectivity index (χ2v) is 6.43. The molecular weight excluding hydrogens is 352 g/mol. The SMILES string of the molecule is Cc1ccc(OCc2ccc(Br)cc2Cl)c(CC(C)N)n1. The highest BCUT2D eigenvalue weighted by Crippen LogP contribution is 2.24. The van der Waals surface area contributed by atoms with Crippen molar-refractivity contribution in [3.8, 4) is 5.75 Å². The Hall–Kier alpha value is -1.10. The van der Waals surface area contributed by atoms with Gasteiger partial charge in [0.25, 0.3) is 0 Å². The molecule has 1 aromatic carbocycles. The maximum Gasteiger partial charge on any atom is 0.141 e. The zero-order chi connectivity index (χ0) is 15.4. The Morgan fingerprint density at radius 3 is 2.76 bits per heavy atom. The van der Waals surface area contributed by atoms with Crippen LogP contribution in [0.3, 0.4) is 0 Å². The minimum atomic E-state index is 0.0397. The highest BCUT2D eigenvalue weighted by molar-refractivity contribution is 9.10. The number of aromatic nitrogens is 1. The van der Waals surface area contributed by atoms with Crippen molar-refractivity contribution in [1.29, 1.82) is 0 Å². The van der Waals surface area contributed by atoms with E-state index < -0.39 is 0 Å². The molecule has 1 atom stereocenters. The fourth-order valence-corrected chi connectivity index (χ4v) is 2.70. The van der Waals surface area contributed by atoms with Gasteiger partial charge in [-0.15, -0.1) is 0 Å². The van der Waals surface area contributed by atoms with Gasteiger partial charge in [0.1, 0.15) is 12.4 Å². The summed E-state index contributed by atoms with van der Waals surface area (Å²) in [5, 5.41) is 0.679. The number of pyridine rings is 1. The zero-order valence-corrected chi connectivity index (χ0v) is 14.4. The molecule has 0 aliphatic heterocycles. The van der Waals surface area contributed by atoms with Crippen molar-refractivity contribution in [1.82, 2.24) is 4.98 Å². The van der Waals surface area contributed by atoms with E-state index in [-0.39, 0.29) is 6.04 Å². The molecule has 2 N–H and O–H groups in total.